The van der Waals surface area contributed by atoms with Crippen molar-refractivity contribution in [2.75, 3.05) is 6.54 Å². The summed E-state index contributed by atoms with van der Waals surface area (Å²) in [5.41, 5.74) is 2.61. The second kappa shape index (κ2) is 5.32. The fourth-order valence-corrected chi connectivity index (χ4v) is 2.00. The van der Waals surface area contributed by atoms with E-state index >= 15 is 0 Å². The predicted octanol–water partition coefficient (Wildman–Crippen LogP) is 1.94. The van der Waals surface area contributed by atoms with Crippen LogP contribution in [-0.4, -0.2) is 28.6 Å². The van der Waals surface area contributed by atoms with Crippen LogP contribution in [0.2, 0.25) is 0 Å². The van der Waals surface area contributed by atoms with Gasteiger partial charge >= 0.3 is 5.97 Å². The van der Waals surface area contributed by atoms with Crippen molar-refractivity contribution in [3.05, 3.63) is 35.4 Å². The van der Waals surface area contributed by atoms with Crippen LogP contribution in [0, 0.1) is 0 Å². The number of carboxylic acid groups (broad SMARTS) is 1. The summed E-state index contributed by atoms with van der Waals surface area (Å²) < 4.78 is 0. The van der Waals surface area contributed by atoms with Gasteiger partial charge in [0, 0.05) is 13.1 Å². The van der Waals surface area contributed by atoms with Crippen LogP contribution in [0.15, 0.2) is 24.3 Å². The third-order valence-corrected chi connectivity index (χ3v) is 3.07. The summed E-state index contributed by atoms with van der Waals surface area (Å²) >= 11 is 0. The van der Waals surface area contributed by atoms with Gasteiger partial charge in [-0.3, -0.25) is 9.69 Å². The molecule has 1 unspecified atom stereocenters. The van der Waals surface area contributed by atoms with Crippen molar-refractivity contribution in [3.63, 3.8) is 0 Å². The molecular formula is C12H16ClNO2. The minimum atomic E-state index is -0.741. The molecule has 0 bridgehead atoms. The first-order valence-electron chi connectivity index (χ1n) is 5.22. The molecule has 1 aromatic rings. The zero-order valence-electron chi connectivity index (χ0n) is 9.22. The van der Waals surface area contributed by atoms with Gasteiger partial charge in [-0.15, -0.1) is 12.4 Å². The molecule has 1 aromatic carbocycles. The van der Waals surface area contributed by atoms with Gasteiger partial charge in [0.1, 0.15) is 6.04 Å². The Morgan fingerprint density at radius 1 is 1.38 bits per heavy atom. The van der Waals surface area contributed by atoms with E-state index in [4.69, 9.17) is 5.11 Å². The van der Waals surface area contributed by atoms with Gasteiger partial charge in [-0.25, -0.2) is 0 Å². The van der Waals surface area contributed by atoms with Crippen LogP contribution < -0.4 is 0 Å². The van der Waals surface area contributed by atoms with Crippen LogP contribution >= 0.6 is 12.4 Å². The summed E-state index contributed by atoms with van der Waals surface area (Å²) in [4.78, 5) is 12.9. The van der Waals surface area contributed by atoms with E-state index in [-0.39, 0.29) is 12.4 Å². The average molecular weight is 242 g/mol. The Morgan fingerprint density at radius 2 is 2.00 bits per heavy atom. The van der Waals surface area contributed by atoms with Gasteiger partial charge < -0.3 is 5.11 Å². The first kappa shape index (κ1) is 13.0. The van der Waals surface area contributed by atoms with Gasteiger partial charge in [-0.05, 0) is 24.5 Å². The maximum absolute atomic E-state index is 10.9. The predicted molar refractivity (Wildman–Crippen MR) is 64.9 cm³/mol. The molecule has 1 atom stereocenters. The lowest BCUT2D eigenvalue weighted by molar-refractivity contribution is -0.143. The molecule has 0 aliphatic carbocycles. The fourth-order valence-electron chi connectivity index (χ4n) is 2.00. The first-order valence-corrected chi connectivity index (χ1v) is 5.22. The number of carbonyl (C=O) groups is 1. The molecule has 0 saturated heterocycles. The molecule has 3 nitrogen and oxygen atoms in total. The van der Waals surface area contributed by atoms with E-state index in [1.54, 1.807) is 6.92 Å². The molecule has 1 N–H and O–H groups in total. The minimum Gasteiger partial charge on any atom is -0.480 e. The monoisotopic (exact) mass is 241 g/mol. The molecule has 0 amide bonds. The summed E-state index contributed by atoms with van der Waals surface area (Å²) in [5, 5.41) is 8.94. The largest absolute Gasteiger partial charge is 0.480 e. The zero-order chi connectivity index (χ0) is 10.8. The standard InChI is InChI=1S/C12H15NO2.ClH/c1-9(12(14)15)13-7-6-10-4-2-3-5-11(10)8-13;/h2-5,9H,6-8H2,1H3,(H,14,15);1H. The topological polar surface area (TPSA) is 40.5 Å². The lowest BCUT2D eigenvalue weighted by atomic mass is 9.99. The van der Waals surface area contributed by atoms with Gasteiger partial charge in [-0.2, -0.15) is 0 Å². The number of rotatable bonds is 2. The highest BCUT2D eigenvalue weighted by Gasteiger charge is 2.24. The second-order valence-corrected chi connectivity index (χ2v) is 4.00. The Labute approximate surface area is 101 Å². The van der Waals surface area contributed by atoms with Crippen molar-refractivity contribution in [1.29, 1.82) is 0 Å². The van der Waals surface area contributed by atoms with E-state index in [1.165, 1.54) is 11.1 Å². The van der Waals surface area contributed by atoms with Crippen molar-refractivity contribution in [3.8, 4) is 0 Å². The molecule has 1 aliphatic heterocycles. The number of nitrogens with zero attached hydrogens (tertiary/aromatic N) is 1. The zero-order valence-corrected chi connectivity index (χ0v) is 10.0. The number of hydrogen-bond acceptors (Lipinski definition) is 2. The van der Waals surface area contributed by atoms with Gasteiger partial charge in [-0.1, -0.05) is 24.3 Å². The third-order valence-electron chi connectivity index (χ3n) is 3.07. The quantitative estimate of drug-likeness (QED) is 0.860. The van der Waals surface area contributed by atoms with Gasteiger partial charge in [0.05, 0.1) is 0 Å². The Bertz CT molecular complexity index is 381. The van der Waals surface area contributed by atoms with Crippen LogP contribution in [0.25, 0.3) is 0 Å². The highest BCUT2D eigenvalue weighted by Crippen LogP contribution is 2.19. The highest BCUT2D eigenvalue weighted by atomic mass is 35.5. The molecule has 4 heteroatoms. The van der Waals surface area contributed by atoms with Crippen LogP contribution in [0.5, 0.6) is 0 Å². The number of hydrogen-bond donors (Lipinski definition) is 1. The Kier molecular flexibility index (Phi) is 4.33. The molecule has 0 radical (unpaired) electrons. The Hall–Kier alpha value is -1.06. The Balaban J connectivity index is 0.00000128. The molecule has 1 aliphatic rings. The van der Waals surface area contributed by atoms with Crippen LogP contribution in [0.3, 0.4) is 0 Å². The molecule has 0 aromatic heterocycles. The number of carboxylic acids is 1. The van der Waals surface area contributed by atoms with Crippen LogP contribution in [0.4, 0.5) is 0 Å². The molecule has 1 heterocycles. The molecule has 16 heavy (non-hydrogen) atoms. The van der Waals surface area contributed by atoms with E-state index in [2.05, 4.69) is 12.1 Å². The lowest BCUT2D eigenvalue weighted by Gasteiger charge is -2.31. The van der Waals surface area contributed by atoms with E-state index < -0.39 is 12.0 Å². The van der Waals surface area contributed by atoms with E-state index in [1.807, 2.05) is 17.0 Å². The molecular weight excluding hydrogens is 226 g/mol. The number of fused-ring (bicyclic) bond motifs is 1. The van der Waals surface area contributed by atoms with Crippen molar-refractivity contribution in [1.82, 2.24) is 4.90 Å². The maximum atomic E-state index is 10.9. The summed E-state index contributed by atoms with van der Waals surface area (Å²) in [5.74, 6) is -0.741. The molecule has 2 rings (SSSR count). The highest BCUT2D eigenvalue weighted by molar-refractivity contribution is 5.85. The SMILES string of the molecule is CC(C(=O)O)N1CCc2ccccc2C1.Cl. The minimum absolute atomic E-state index is 0. The first-order chi connectivity index (χ1) is 7.18. The summed E-state index contributed by atoms with van der Waals surface area (Å²) in [6, 6.07) is 7.86. The third kappa shape index (κ3) is 2.54. The molecule has 0 fully saturated rings. The number of aliphatic carboxylic acids is 1. The molecule has 0 spiro atoms. The smallest absolute Gasteiger partial charge is 0.320 e. The van der Waals surface area contributed by atoms with Crippen molar-refractivity contribution in [2.45, 2.75) is 25.9 Å². The number of halogens is 1. The van der Waals surface area contributed by atoms with Crippen molar-refractivity contribution >= 4 is 18.4 Å². The fraction of sp³-hybridized carbons (Fsp3) is 0.417. The summed E-state index contributed by atoms with van der Waals surface area (Å²) in [6.07, 6.45) is 0.952. The van der Waals surface area contributed by atoms with Crippen LogP contribution in [-0.2, 0) is 17.8 Å². The molecule has 0 saturated carbocycles. The van der Waals surface area contributed by atoms with Gasteiger partial charge in [0.25, 0.3) is 0 Å². The average Bonchev–Trinajstić information content (AvgIpc) is 2.27. The van der Waals surface area contributed by atoms with Crippen molar-refractivity contribution in [2.24, 2.45) is 0 Å². The van der Waals surface area contributed by atoms with Gasteiger partial charge in [0.15, 0.2) is 0 Å². The normalized spacial score (nSPS) is 17.1. The summed E-state index contributed by atoms with van der Waals surface area (Å²) in [6.45, 7) is 3.34. The maximum Gasteiger partial charge on any atom is 0.320 e. The van der Waals surface area contributed by atoms with E-state index in [9.17, 15) is 4.79 Å². The van der Waals surface area contributed by atoms with E-state index in [0.717, 1.165) is 19.5 Å². The van der Waals surface area contributed by atoms with E-state index in [0.29, 0.717) is 0 Å². The number of benzene rings is 1. The summed E-state index contributed by atoms with van der Waals surface area (Å²) in [7, 11) is 0. The second-order valence-electron chi connectivity index (χ2n) is 4.00. The molecule has 88 valence electrons. The van der Waals surface area contributed by atoms with Crippen LogP contribution in [0.1, 0.15) is 18.1 Å². The lowest BCUT2D eigenvalue weighted by Crippen LogP contribution is -2.42. The van der Waals surface area contributed by atoms with Crippen molar-refractivity contribution < 1.29 is 9.90 Å². The Morgan fingerprint density at radius 3 is 2.62 bits per heavy atom. The van der Waals surface area contributed by atoms with Gasteiger partial charge in [0.2, 0.25) is 0 Å².